The summed E-state index contributed by atoms with van der Waals surface area (Å²) >= 11 is 5.80. The predicted octanol–water partition coefficient (Wildman–Crippen LogP) is 1.25. The number of hydrogen-bond acceptors (Lipinski definition) is 5. The Kier molecular flexibility index (Phi) is 1.37. The minimum atomic E-state index is -1.43. The Morgan fingerprint density at radius 2 is 2.25 bits per heavy atom. The van der Waals surface area contributed by atoms with Crippen molar-refractivity contribution < 1.29 is 4.79 Å². The first-order valence-electron chi connectivity index (χ1n) is 3.03. The third-order valence-corrected chi connectivity index (χ3v) is 1.76. The molecule has 0 fully saturated rings. The molecule has 0 aromatic carbocycles. The van der Waals surface area contributed by atoms with Crippen molar-refractivity contribution in [3.05, 3.63) is 11.8 Å². The molecule has 7 heteroatoms. The van der Waals surface area contributed by atoms with Crippen molar-refractivity contribution in [2.24, 2.45) is 25.4 Å². The molecule has 1 atom stereocenters. The Labute approximate surface area is 71.8 Å². The lowest BCUT2D eigenvalue weighted by Gasteiger charge is -2.09. The molecule has 2 aliphatic rings. The van der Waals surface area contributed by atoms with Gasteiger partial charge >= 0.3 is 0 Å². The smallest absolute Gasteiger partial charge is 0.265 e. The maximum absolute atomic E-state index is 11.0. The molecule has 0 radical (unpaired) electrons. The monoisotopic (exact) mass is 183 g/mol. The largest absolute Gasteiger partial charge is 0.298 e. The van der Waals surface area contributed by atoms with Crippen molar-refractivity contribution in [3.8, 4) is 0 Å². The molecule has 2 aliphatic heterocycles. The van der Waals surface area contributed by atoms with Gasteiger partial charge in [-0.05, 0) is 0 Å². The number of hydrogen-bond donors (Lipinski definition) is 0. The van der Waals surface area contributed by atoms with Crippen LogP contribution >= 0.6 is 11.6 Å². The Bertz CT molecular complexity index is 343. The van der Waals surface area contributed by atoms with Gasteiger partial charge in [-0.1, -0.05) is 11.6 Å². The highest BCUT2D eigenvalue weighted by Gasteiger charge is 2.39. The SMILES string of the molecule is O=C1N=NC=C1C1(Cl)N=CN=N1. The first-order chi connectivity index (χ1) is 5.72. The maximum Gasteiger partial charge on any atom is 0.298 e. The molecule has 1 unspecified atom stereocenters. The van der Waals surface area contributed by atoms with Crippen LogP contribution in [0.3, 0.4) is 0 Å². The van der Waals surface area contributed by atoms with Gasteiger partial charge in [-0.25, -0.2) is 4.99 Å². The highest BCUT2D eigenvalue weighted by atomic mass is 35.5. The molecule has 60 valence electrons. The van der Waals surface area contributed by atoms with E-state index in [2.05, 4.69) is 25.4 Å². The van der Waals surface area contributed by atoms with Crippen LogP contribution in [0.25, 0.3) is 0 Å². The van der Waals surface area contributed by atoms with Gasteiger partial charge in [0, 0.05) is 0 Å². The number of amides is 1. The van der Waals surface area contributed by atoms with Crippen LogP contribution in [-0.4, -0.2) is 17.4 Å². The van der Waals surface area contributed by atoms with Crippen LogP contribution in [0.4, 0.5) is 0 Å². The van der Waals surface area contributed by atoms with Crippen molar-refractivity contribution in [1.29, 1.82) is 0 Å². The molecule has 0 aromatic rings. The molecule has 0 bridgehead atoms. The summed E-state index contributed by atoms with van der Waals surface area (Å²) in [6.45, 7) is 0. The quantitative estimate of drug-likeness (QED) is 0.445. The average Bonchev–Trinajstić information content (AvgIpc) is 2.59. The highest BCUT2D eigenvalue weighted by molar-refractivity contribution is 6.29. The zero-order valence-corrected chi connectivity index (χ0v) is 6.43. The normalized spacial score (nSPS) is 31.8. The van der Waals surface area contributed by atoms with Crippen LogP contribution in [0.5, 0.6) is 0 Å². The molecular weight excluding hydrogens is 182 g/mol. The summed E-state index contributed by atoms with van der Waals surface area (Å²) in [6, 6.07) is 0. The van der Waals surface area contributed by atoms with Crippen LogP contribution in [0.2, 0.25) is 0 Å². The fourth-order valence-corrected chi connectivity index (χ4v) is 1.04. The molecule has 0 aliphatic carbocycles. The Hall–Kier alpha value is -1.43. The molecule has 6 nitrogen and oxygen atoms in total. The zero-order valence-electron chi connectivity index (χ0n) is 5.68. The number of alkyl halides is 1. The van der Waals surface area contributed by atoms with E-state index < -0.39 is 11.0 Å². The van der Waals surface area contributed by atoms with Gasteiger partial charge in [0.1, 0.15) is 11.9 Å². The molecule has 2 rings (SSSR count). The minimum absolute atomic E-state index is 0.127. The van der Waals surface area contributed by atoms with Crippen molar-refractivity contribution in [3.63, 3.8) is 0 Å². The second kappa shape index (κ2) is 2.28. The lowest BCUT2D eigenvalue weighted by molar-refractivity contribution is -0.114. The van der Waals surface area contributed by atoms with E-state index in [9.17, 15) is 4.79 Å². The molecule has 0 spiro atoms. The fraction of sp³-hybridized carbons (Fsp3) is 0.200. The summed E-state index contributed by atoms with van der Waals surface area (Å²) in [5, 5.41) is 12.2. The van der Waals surface area contributed by atoms with Gasteiger partial charge in [-0.3, -0.25) is 4.79 Å². The van der Waals surface area contributed by atoms with Crippen molar-refractivity contribution in [1.82, 2.24) is 0 Å². The molecule has 0 saturated carbocycles. The van der Waals surface area contributed by atoms with Gasteiger partial charge in [0.25, 0.3) is 11.0 Å². The van der Waals surface area contributed by atoms with Crippen LogP contribution in [-0.2, 0) is 4.79 Å². The van der Waals surface area contributed by atoms with Crippen LogP contribution < -0.4 is 0 Å². The van der Waals surface area contributed by atoms with Crippen LogP contribution in [0, 0.1) is 0 Å². The van der Waals surface area contributed by atoms with Crippen molar-refractivity contribution >= 4 is 23.8 Å². The van der Waals surface area contributed by atoms with Crippen molar-refractivity contribution in [2.45, 2.75) is 5.12 Å². The van der Waals surface area contributed by atoms with E-state index in [0.29, 0.717) is 0 Å². The summed E-state index contributed by atoms with van der Waals surface area (Å²) in [4.78, 5) is 14.7. The molecular formula is C5H2ClN5O. The number of halogens is 1. The minimum Gasteiger partial charge on any atom is -0.265 e. The summed E-state index contributed by atoms with van der Waals surface area (Å²) in [5.74, 6) is -0.525. The summed E-state index contributed by atoms with van der Waals surface area (Å²) in [5.41, 5.74) is 0.127. The molecule has 2 heterocycles. The van der Waals surface area contributed by atoms with E-state index in [1.807, 2.05) is 0 Å². The van der Waals surface area contributed by atoms with Crippen LogP contribution in [0.1, 0.15) is 0 Å². The van der Waals surface area contributed by atoms with Gasteiger partial charge in [0.15, 0.2) is 0 Å². The summed E-state index contributed by atoms with van der Waals surface area (Å²) in [6.07, 6.45) is 2.41. The first-order valence-corrected chi connectivity index (χ1v) is 3.41. The topological polar surface area (TPSA) is 78.9 Å². The molecule has 1 amide bonds. The number of nitrogens with zero attached hydrogens (tertiary/aromatic N) is 5. The number of carbonyl (C=O) groups is 1. The Morgan fingerprint density at radius 1 is 1.42 bits per heavy atom. The van der Waals surface area contributed by atoms with Gasteiger partial charge < -0.3 is 0 Å². The zero-order chi connectivity index (χ0) is 8.60. The second-order valence-electron chi connectivity index (χ2n) is 2.11. The Morgan fingerprint density at radius 3 is 2.75 bits per heavy atom. The maximum atomic E-state index is 11.0. The van der Waals surface area contributed by atoms with Gasteiger partial charge in [-0.15, -0.1) is 15.3 Å². The van der Waals surface area contributed by atoms with Gasteiger partial charge in [0.2, 0.25) is 0 Å². The number of aliphatic imine (C=N–C) groups is 1. The second-order valence-corrected chi connectivity index (χ2v) is 2.64. The lowest BCUT2D eigenvalue weighted by Crippen LogP contribution is -2.20. The third-order valence-electron chi connectivity index (χ3n) is 1.38. The Balaban J connectivity index is 2.38. The predicted molar refractivity (Wildman–Crippen MR) is 39.9 cm³/mol. The molecule has 0 aromatic heterocycles. The molecule has 0 N–H and O–H groups in total. The summed E-state index contributed by atoms with van der Waals surface area (Å²) in [7, 11) is 0. The molecule has 12 heavy (non-hydrogen) atoms. The van der Waals surface area contributed by atoms with E-state index in [0.717, 1.165) is 0 Å². The van der Waals surface area contributed by atoms with Gasteiger partial charge in [0.05, 0.1) is 6.20 Å². The van der Waals surface area contributed by atoms with E-state index in [1.54, 1.807) is 0 Å². The van der Waals surface area contributed by atoms with E-state index in [-0.39, 0.29) is 5.57 Å². The fourth-order valence-electron chi connectivity index (χ4n) is 0.820. The number of azo groups is 2. The average molecular weight is 184 g/mol. The standard InChI is InChI=1S/C5H2ClN5O/c6-5(7-2-9-11-5)3-1-8-10-4(3)12/h1-2H. The van der Waals surface area contributed by atoms with E-state index in [1.165, 1.54) is 12.5 Å². The van der Waals surface area contributed by atoms with Gasteiger partial charge in [-0.2, -0.15) is 5.11 Å². The molecule has 0 saturated heterocycles. The highest BCUT2D eigenvalue weighted by Crippen LogP contribution is 2.34. The number of carbonyl (C=O) groups excluding carboxylic acids is 1. The first kappa shape index (κ1) is 7.23. The van der Waals surface area contributed by atoms with E-state index in [4.69, 9.17) is 11.6 Å². The summed E-state index contributed by atoms with van der Waals surface area (Å²) < 4.78 is 0. The number of rotatable bonds is 1. The lowest BCUT2D eigenvalue weighted by atomic mass is 10.2. The van der Waals surface area contributed by atoms with Crippen LogP contribution in [0.15, 0.2) is 37.2 Å². The third kappa shape index (κ3) is 0.884. The van der Waals surface area contributed by atoms with Crippen molar-refractivity contribution in [2.75, 3.05) is 0 Å². The van der Waals surface area contributed by atoms with E-state index >= 15 is 0 Å².